The van der Waals surface area contributed by atoms with Gasteiger partial charge in [-0.05, 0) is 26.0 Å². The molecule has 1 fully saturated rings. The highest BCUT2D eigenvalue weighted by Gasteiger charge is 2.47. The summed E-state index contributed by atoms with van der Waals surface area (Å²) in [6, 6.07) is 2.41. The number of hydrogen-bond acceptors (Lipinski definition) is 11. The molecule has 0 bridgehead atoms. The molecule has 0 spiro atoms. The molecule has 1 heterocycles. The van der Waals surface area contributed by atoms with Gasteiger partial charge in [0.1, 0.15) is 31.0 Å². The van der Waals surface area contributed by atoms with E-state index in [-0.39, 0.29) is 22.8 Å². The molecule has 31 heavy (non-hydrogen) atoms. The second-order valence-electron chi connectivity index (χ2n) is 7.28. The molecule has 0 amide bonds. The van der Waals surface area contributed by atoms with Crippen molar-refractivity contribution in [1.29, 1.82) is 0 Å². The van der Waals surface area contributed by atoms with E-state index in [1.165, 1.54) is 40.2 Å². The Kier molecular flexibility index (Phi) is 7.68. The lowest BCUT2D eigenvalue weighted by Crippen LogP contribution is -2.61. The number of hydrogen-bond donors (Lipinski definition) is 5. The van der Waals surface area contributed by atoms with Gasteiger partial charge in [-0.15, -0.1) is 0 Å². The number of esters is 1. The van der Waals surface area contributed by atoms with Crippen molar-refractivity contribution in [2.75, 3.05) is 20.8 Å². The van der Waals surface area contributed by atoms with Crippen LogP contribution in [0.4, 0.5) is 0 Å². The number of phenols is 1. The van der Waals surface area contributed by atoms with E-state index >= 15 is 0 Å². The SMILES string of the molecule is COc1cc(C(=O)OC[C@H]2O[C@H](OC(C)(C)C(=O)O)[C@H](O)[C@@H](O)[C@@H]2O)cc(OC)c1O. The van der Waals surface area contributed by atoms with Crippen LogP contribution in [0.1, 0.15) is 24.2 Å². The van der Waals surface area contributed by atoms with Gasteiger partial charge in [0.05, 0.1) is 19.8 Å². The topological polar surface area (TPSA) is 181 Å². The lowest BCUT2D eigenvalue weighted by atomic mass is 9.99. The van der Waals surface area contributed by atoms with Crippen LogP contribution in [0.25, 0.3) is 0 Å². The number of methoxy groups -OCH3 is 2. The normalized spacial score (nSPS) is 26.2. The number of aliphatic hydroxyl groups is 3. The first-order valence-electron chi connectivity index (χ1n) is 9.16. The molecule has 0 aromatic heterocycles. The van der Waals surface area contributed by atoms with Crippen molar-refractivity contribution in [3.63, 3.8) is 0 Å². The molecular formula is C19H26O12. The first-order chi connectivity index (χ1) is 14.4. The van der Waals surface area contributed by atoms with Gasteiger partial charge >= 0.3 is 11.9 Å². The number of benzene rings is 1. The summed E-state index contributed by atoms with van der Waals surface area (Å²) in [6.07, 6.45) is -8.09. The van der Waals surface area contributed by atoms with Crippen LogP contribution in [-0.2, 0) is 19.0 Å². The van der Waals surface area contributed by atoms with Gasteiger partial charge in [0, 0.05) is 0 Å². The van der Waals surface area contributed by atoms with Crippen molar-refractivity contribution in [2.24, 2.45) is 0 Å². The Morgan fingerprint density at radius 1 is 1.03 bits per heavy atom. The molecule has 0 unspecified atom stereocenters. The molecule has 1 aromatic rings. The Labute approximate surface area is 177 Å². The molecule has 5 atom stereocenters. The Morgan fingerprint density at radius 2 is 1.58 bits per heavy atom. The van der Waals surface area contributed by atoms with Crippen molar-refractivity contribution in [3.8, 4) is 17.2 Å². The van der Waals surface area contributed by atoms with E-state index in [0.717, 1.165) is 0 Å². The number of aliphatic hydroxyl groups excluding tert-OH is 3. The number of aliphatic carboxylic acids is 1. The van der Waals surface area contributed by atoms with Gasteiger partial charge < -0.3 is 49.2 Å². The third-order valence-corrected chi connectivity index (χ3v) is 4.69. The fraction of sp³-hybridized carbons (Fsp3) is 0.579. The van der Waals surface area contributed by atoms with E-state index in [1.807, 2.05) is 0 Å². The average Bonchev–Trinajstić information content (AvgIpc) is 2.72. The summed E-state index contributed by atoms with van der Waals surface area (Å²) in [5.74, 6) is -2.63. The number of carboxylic acids is 1. The number of rotatable bonds is 8. The van der Waals surface area contributed by atoms with Crippen molar-refractivity contribution < 1.29 is 58.8 Å². The van der Waals surface area contributed by atoms with Gasteiger partial charge in [-0.3, -0.25) is 0 Å². The van der Waals surface area contributed by atoms with Gasteiger partial charge in [0.25, 0.3) is 0 Å². The minimum Gasteiger partial charge on any atom is -0.502 e. The standard InChI is InChI=1S/C19H26O12/c1-19(2,18(25)26)31-17-15(23)14(22)13(21)11(30-17)7-29-16(24)8-5-9(27-3)12(20)10(6-8)28-4/h5-6,11,13-15,17,20-23H,7H2,1-4H3,(H,25,26)/t11-,13-,14+,15-,17-/m1/s1. The molecule has 12 heteroatoms. The van der Waals surface area contributed by atoms with E-state index in [4.69, 9.17) is 28.8 Å². The molecule has 5 N–H and O–H groups in total. The van der Waals surface area contributed by atoms with Crippen molar-refractivity contribution in [1.82, 2.24) is 0 Å². The predicted molar refractivity (Wildman–Crippen MR) is 101 cm³/mol. The zero-order chi connectivity index (χ0) is 23.5. The van der Waals surface area contributed by atoms with Crippen LogP contribution in [0.2, 0.25) is 0 Å². The molecule has 1 saturated heterocycles. The molecular weight excluding hydrogens is 420 g/mol. The highest BCUT2D eigenvalue weighted by molar-refractivity contribution is 5.91. The van der Waals surface area contributed by atoms with Crippen LogP contribution in [0.5, 0.6) is 17.2 Å². The van der Waals surface area contributed by atoms with E-state index in [2.05, 4.69) is 0 Å². The highest BCUT2D eigenvalue weighted by atomic mass is 16.7. The Morgan fingerprint density at radius 3 is 2.06 bits per heavy atom. The number of aromatic hydroxyl groups is 1. The zero-order valence-electron chi connectivity index (χ0n) is 17.3. The molecule has 1 aromatic carbocycles. The second kappa shape index (κ2) is 9.66. The summed E-state index contributed by atoms with van der Waals surface area (Å²) < 4.78 is 25.6. The quantitative estimate of drug-likeness (QED) is 0.316. The largest absolute Gasteiger partial charge is 0.502 e. The molecule has 1 aliphatic heterocycles. The number of carbonyl (C=O) groups is 2. The van der Waals surface area contributed by atoms with Crippen molar-refractivity contribution in [3.05, 3.63) is 17.7 Å². The van der Waals surface area contributed by atoms with Crippen molar-refractivity contribution in [2.45, 2.75) is 50.2 Å². The van der Waals surface area contributed by atoms with Crippen LogP contribution in [-0.4, -0.2) is 94.6 Å². The maximum atomic E-state index is 12.4. The Bertz CT molecular complexity index is 782. The molecule has 0 saturated carbocycles. The molecule has 12 nitrogen and oxygen atoms in total. The third kappa shape index (κ3) is 5.35. The molecule has 174 valence electrons. The molecule has 2 rings (SSSR count). The predicted octanol–water partition coefficient (Wildman–Crippen LogP) is -0.746. The lowest BCUT2D eigenvalue weighted by Gasteiger charge is -2.41. The van der Waals surface area contributed by atoms with Crippen LogP contribution < -0.4 is 9.47 Å². The van der Waals surface area contributed by atoms with Crippen LogP contribution >= 0.6 is 0 Å². The Hall–Kier alpha value is -2.64. The van der Waals surface area contributed by atoms with Gasteiger partial charge in [0.2, 0.25) is 5.75 Å². The molecule has 0 radical (unpaired) electrons. The summed E-state index contributed by atoms with van der Waals surface area (Å²) in [7, 11) is 2.56. The highest BCUT2D eigenvalue weighted by Crippen LogP contribution is 2.37. The van der Waals surface area contributed by atoms with E-state index in [9.17, 15) is 30.0 Å². The maximum absolute atomic E-state index is 12.4. The fourth-order valence-corrected chi connectivity index (χ4v) is 2.74. The zero-order valence-corrected chi connectivity index (χ0v) is 17.3. The van der Waals surface area contributed by atoms with Crippen molar-refractivity contribution >= 4 is 11.9 Å². The minimum absolute atomic E-state index is 0.0387. The van der Waals surface area contributed by atoms with Crippen LogP contribution in [0.3, 0.4) is 0 Å². The second-order valence-corrected chi connectivity index (χ2v) is 7.28. The van der Waals surface area contributed by atoms with E-state index < -0.39 is 54.9 Å². The monoisotopic (exact) mass is 446 g/mol. The lowest BCUT2D eigenvalue weighted by molar-refractivity contribution is -0.320. The first kappa shape index (κ1) is 24.6. The maximum Gasteiger partial charge on any atom is 0.338 e. The number of phenolic OH excluding ortho intramolecular Hbond substituents is 1. The van der Waals surface area contributed by atoms with Gasteiger partial charge in [-0.25, -0.2) is 9.59 Å². The molecule has 1 aliphatic rings. The summed E-state index contributed by atoms with van der Waals surface area (Å²) in [5.41, 5.74) is -1.81. The fourth-order valence-electron chi connectivity index (χ4n) is 2.74. The Balaban J connectivity index is 2.12. The summed E-state index contributed by atoms with van der Waals surface area (Å²) >= 11 is 0. The summed E-state index contributed by atoms with van der Waals surface area (Å²) in [6.45, 7) is 1.86. The summed E-state index contributed by atoms with van der Waals surface area (Å²) in [4.78, 5) is 23.7. The van der Waals surface area contributed by atoms with Gasteiger partial charge in [-0.2, -0.15) is 0 Å². The minimum atomic E-state index is -1.77. The smallest absolute Gasteiger partial charge is 0.338 e. The van der Waals surface area contributed by atoms with E-state index in [1.54, 1.807) is 0 Å². The third-order valence-electron chi connectivity index (χ3n) is 4.69. The summed E-state index contributed by atoms with van der Waals surface area (Å²) in [5, 5.41) is 49.3. The first-order valence-corrected chi connectivity index (χ1v) is 9.16. The van der Waals surface area contributed by atoms with E-state index in [0.29, 0.717) is 0 Å². The van der Waals surface area contributed by atoms with Crippen LogP contribution in [0, 0.1) is 0 Å². The van der Waals surface area contributed by atoms with Gasteiger partial charge in [0.15, 0.2) is 23.4 Å². The number of carboxylic acid groups (broad SMARTS) is 1. The average molecular weight is 446 g/mol. The van der Waals surface area contributed by atoms with Gasteiger partial charge in [-0.1, -0.05) is 0 Å². The molecule has 0 aliphatic carbocycles. The van der Waals surface area contributed by atoms with Crippen LogP contribution in [0.15, 0.2) is 12.1 Å². The number of ether oxygens (including phenoxy) is 5. The number of carbonyl (C=O) groups excluding carboxylic acids is 1.